The lowest BCUT2D eigenvalue weighted by molar-refractivity contribution is 0.0951. The third-order valence-corrected chi connectivity index (χ3v) is 2.41. The van der Waals surface area contributed by atoms with Crippen molar-refractivity contribution in [3.63, 3.8) is 0 Å². The lowest BCUT2D eigenvalue weighted by Gasteiger charge is -2.06. The highest BCUT2D eigenvalue weighted by Crippen LogP contribution is 2.13. The number of amides is 1. The molecule has 0 saturated heterocycles. The van der Waals surface area contributed by atoms with E-state index in [4.69, 9.17) is 10.2 Å². The molecule has 0 bridgehead atoms. The van der Waals surface area contributed by atoms with Gasteiger partial charge in [-0.1, -0.05) is 0 Å². The van der Waals surface area contributed by atoms with Crippen molar-refractivity contribution in [2.24, 2.45) is 5.73 Å². The largest absolute Gasteiger partial charge is 0.466 e. The van der Waals surface area contributed by atoms with Gasteiger partial charge in [-0.25, -0.2) is 0 Å². The van der Waals surface area contributed by atoms with Gasteiger partial charge in [-0.3, -0.25) is 4.79 Å². The smallest absolute Gasteiger partial charge is 0.254 e. The second-order valence-electron chi connectivity index (χ2n) is 4.20. The Morgan fingerprint density at radius 1 is 1.56 bits per heavy atom. The number of carbonyl (C=O) groups is 1. The number of hydrogen-bond donors (Lipinski definition) is 2. The normalized spacial score (nSPS) is 12.5. The van der Waals surface area contributed by atoms with E-state index in [2.05, 4.69) is 5.32 Å². The summed E-state index contributed by atoms with van der Waals surface area (Å²) >= 11 is 0. The predicted octanol–water partition coefficient (Wildman–Crippen LogP) is 1.75. The van der Waals surface area contributed by atoms with Gasteiger partial charge < -0.3 is 15.5 Å². The zero-order chi connectivity index (χ0) is 12.1. The molecule has 16 heavy (non-hydrogen) atoms. The molecule has 1 atom stereocenters. The van der Waals surface area contributed by atoms with Crippen LogP contribution in [0.2, 0.25) is 0 Å². The van der Waals surface area contributed by atoms with E-state index in [1.807, 2.05) is 13.8 Å². The summed E-state index contributed by atoms with van der Waals surface area (Å²) in [5.74, 6) is 1.36. The van der Waals surface area contributed by atoms with Gasteiger partial charge >= 0.3 is 0 Å². The maximum atomic E-state index is 11.7. The third kappa shape index (κ3) is 3.70. The van der Waals surface area contributed by atoms with Crippen LogP contribution < -0.4 is 11.1 Å². The first-order chi connectivity index (χ1) is 7.50. The molecular formula is C12H20N2O2. The molecule has 0 aliphatic carbocycles. The highest BCUT2D eigenvalue weighted by molar-refractivity contribution is 5.95. The van der Waals surface area contributed by atoms with Gasteiger partial charge in [0.25, 0.3) is 5.91 Å². The second kappa shape index (κ2) is 5.70. The zero-order valence-corrected chi connectivity index (χ0v) is 10.2. The van der Waals surface area contributed by atoms with Gasteiger partial charge in [-0.2, -0.15) is 0 Å². The predicted molar refractivity (Wildman–Crippen MR) is 63.4 cm³/mol. The van der Waals surface area contributed by atoms with Gasteiger partial charge in [-0.05, 0) is 39.7 Å². The number of nitrogens with two attached hydrogens (primary N) is 1. The summed E-state index contributed by atoms with van der Waals surface area (Å²) < 4.78 is 5.30. The molecule has 90 valence electrons. The van der Waals surface area contributed by atoms with Crippen LogP contribution in [0, 0.1) is 13.8 Å². The Hall–Kier alpha value is -1.29. The molecule has 0 fully saturated rings. The van der Waals surface area contributed by atoms with Gasteiger partial charge in [0.2, 0.25) is 0 Å². The Kier molecular flexibility index (Phi) is 4.55. The van der Waals surface area contributed by atoms with Crippen LogP contribution in [0.4, 0.5) is 0 Å². The van der Waals surface area contributed by atoms with E-state index in [0.717, 1.165) is 18.6 Å². The fraction of sp³-hybridized carbons (Fsp3) is 0.583. The average molecular weight is 224 g/mol. The summed E-state index contributed by atoms with van der Waals surface area (Å²) in [5, 5.41) is 2.85. The Balaban J connectivity index is 2.38. The van der Waals surface area contributed by atoms with Gasteiger partial charge in [0.05, 0.1) is 5.56 Å². The van der Waals surface area contributed by atoms with E-state index < -0.39 is 0 Å². The van der Waals surface area contributed by atoms with Crippen molar-refractivity contribution in [2.75, 3.05) is 6.54 Å². The molecule has 1 amide bonds. The first-order valence-corrected chi connectivity index (χ1v) is 5.61. The molecule has 4 nitrogen and oxygen atoms in total. The first-order valence-electron chi connectivity index (χ1n) is 5.61. The zero-order valence-electron chi connectivity index (χ0n) is 10.2. The number of furan rings is 1. The van der Waals surface area contributed by atoms with Crippen LogP contribution in [-0.4, -0.2) is 18.5 Å². The van der Waals surface area contributed by atoms with Gasteiger partial charge in [0, 0.05) is 12.6 Å². The molecule has 1 unspecified atom stereocenters. The lowest BCUT2D eigenvalue weighted by Crippen LogP contribution is -2.26. The fourth-order valence-electron chi connectivity index (χ4n) is 1.58. The summed E-state index contributed by atoms with van der Waals surface area (Å²) in [6, 6.07) is 1.95. The monoisotopic (exact) mass is 224 g/mol. The van der Waals surface area contributed by atoms with Crippen molar-refractivity contribution in [3.8, 4) is 0 Å². The standard InChI is InChI=1S/C12H20N2O2/c1-8(13)5-4-6-14-12(15)11-7-9(2)16-10(11)3/h7-8H,4-6,13H2,1-3H3,(H,14,15). The van der Waals surface area contributed by atoms with Crippen molar-refractivity contribution in [1.82, 2.24) is 5.32 Å². The molecule has 0 aliphatic heterocycles. The lowest BCUT2D eigenvalue weighted by atomic mass is 10.2. The molecule has 0 aliphatic rings. The average Bonchev–Trinajstić information content (AvgIpc) is 2.52. The van der Waals surface area contributed by atoms with Crippen LogP contribution in [0.1, 0.15) is 41.6 Å². The van der Waals surface area contributed by atoms with Crippen molar-refractivity contribution in [1.29, 1.82) is 0 Å². The molecule has 1 aromatic rings. The summed E-state index contributed by atoms with van der Waals surface area (Å²) in [6.07, 6.45) is 1.82. The van der Waals surface area contributed by atoms with Crippen molar-refractivity contribution < 1.29 is 9.21 Å². The number of carbonyl (C=O) groups excluding carboxylic acids is 1. The van der Waals surface area contributed by atoms with Crippen molar-refractivity contribution in [3.05, 3.63) is 23.2 Å². The van der Waals surface area contributed by atoms with E-state index in [-0.39, 0.29) is 11.9 Å². The summed E-state index contributed by atoms with van der Waals surface area (Å²) in [4.78, 5) is 11.7. The molecule has 0 spiro atoms. The summed E-state index contributed by atoms with van der Waals surface area (Å²) in [6.45, 7) is 6.25. The highest BCUT2D eigenvalue weighted by Gasteiger charge is 2.12. The Labute approximate surface area is 96.2 Å². The molecule has 1 heterocycles. The van der Waals surface area contributed by atoms with E-state index in [9.17, 15) is 4.79 Å². The number of aryl methyl sites for hydroxylation is 2. The minimum absolute atomic E-state index is 0.0703. The Bertz CT molecular complexity index is 356. The van der Waals surface area contributed by atoms with E-state index in [0.29, 0.717) is 17.9 Å². The molecule has 1 aromatic heterocycles. The van der Waals surface area contributed by atoms with E-state index in [1.165, 1.54) is 0 Å². The maximum absolute atomic E-state index is 11.7. The Morgan fingerprint density at radius 3 is 2.75 bits per heavy atom. The second-order valence-corrected chi connectivity index (χ2v) is 4.20. The molecule has 0 saturated carbocycles. The SMILES string of the molecule is Cc1cc(C(=O)NCCCC(C)N)c(C)o1. The van der Waals surface area contributed by atoms with Gasteiger partial charge in [-0.15, -0.1) is 0 Å². The topological polar surface area (TPSA) is 68.3 Å². The van der Waals surface area contributed by atoms with Crippen molar-refractivity contribution in [2.45, 2.75) is 39.7 Å². The highest BCUT2D eigenvalue weighted by atomic mass is 16.3. The molecular weight excluding hydrogens is 204 g/mol. The molecule has 0 radical (unpaired) electrons. The van der Waals surface area contributed by atoms with Crippen LogP contribution in [0.25, 0.3) is 0 Å². The summed E-state index contributed by atoms with van der Waals surface area (Å²) in [7, 11) is 0. The van der Waals surface area contributed by atoms with Gasteiger partial charge in [0.15, 0.2) is 0 Å². The third-order valence-electron chi connectivity index (χ3n) is 2.41. The minimum Gasteiger partial charge on any atom is -0.466 e. The van der Waals surface area contributed by atoms with Crippen LogP contribution in [-0.2, 0) is 0 Å². The maximum Gasteiger partial charge on any atom is 0.254 e. The molecule has 3 N–H and O–H groups in total. The molecule has 4 heteroatoms. The minimum atomic E-state index is -0.0703. The first kappa shape index (κ1) is 12.8. The molecule has 0 aromatic carbocycles. The summed E-state index contributed by atoms with van der Waals surface area (Å²) in [5.41, 5.74) is 6.24. The van der Waals surface area contributed by atoms with Crippen LogP contribution in [0.3, 0.4) is 0 Å². The fourth-order valence-corrected chi connectivity index (χ4v) is 1.58. The van der Waals surface area contributed by atoms with Gasteiger partial charge in [0.1, 0.15) is 11.5 Å². The van der Waals surface area contributed by atoms with Crippen LogP contribution in [0.5, 0.6) is 0 Å². The van der Waals surface area contributed by atoms with Crippen LogP contribution in [0.15, 0.2) is 10.5 Å². The van der Waals surface area contributed by atoms with E-state index >= 15 is 0 Å². The van der Waals surface area contributed by atoms with Crippen LogP contribution >= 0.6 is 0 Å². The van der Waals surface area contributed by atoms with E-state index in [1.54, 1.807) is 13.0 Å². The number of hydrogen-bond acceptors (Lipinski definition) is 3. The quantitative estimate of drug-likeness (QED) is 0.749. The number of rotatable bonds is 5. The van der Waals surface area contributed by atoms with Crippen molar-refractivity contribution >= 4 is 5.91 Å². The Morgan fingerprint density at radius 2 is 2.25 bits per heavy atom. The number of nitrogens with one attached hydrogen (secondary N) is 1. The molecule has 1 rings (SSSR count).